The highest BCUT2D eigenvalue weighted by Crippen LogP contribution is 2.32. The zero-order valence-electron chi connectivity index (χ0n) is 27.6. The average Bonchev–Trinajstić information content (AvgIpc) is 3.07. The third-order valence-electron chi connectivity index (χ3n) is 7.08. The zero-order chi connectivity index (χ0) is 38.0. The van der Waals surface area contributed by atoms with Crippen molar-refractivity contribution in [1.82, 2.24) is 15.6 Å². The number of anilines is 1. The molecule has 4 rings (SSSR count). The quantitative estimate of drug-likeness (QED) is 0.138. The summed E-state index contributed by atoms with van der Waals surface area (Å²) in [5.74, 6) is -2.70. The van der Waals surface area contributed by atoms with Gasteiger partial charge in [0.25, 0.3) is 6.47 Å². The second-order valence-corrected chi connectivity index (χ2v) is 10.8. The summed E-state index contributed by atoms with van der Waals surface area (Å²) in [6.07, 6.45) is -6.29. The molecule has 18 heteroatoms. The number of ether oxygens (including phenoxy) is 3. The van der Waals surface area contributed by atoms with Crippen LogP contribution >= 0.6 is 0 Å². The molecule has 2 aromatic carbocycles. The van der Waals surface area contributed by atoms with E-state index >= 15 is 0 Å². The predicted molar refractivity (Wildman–Crippen MR) is 171 cm³/mol. The van der Waals surface area contributed by atoms with E-state index in [1.165, 1.54) is 56.7 Å². The number of rotatable bonds is 13. The number of morpholine rings is 1. The molecule has 2 heterocycles. The molecule has 10 nitrogen and oxygen atoms in total. The highest BCUT2D eigenvalue weighted by Gasteiger charge is 2.31. The molecule has 0 radical (unpaired) electrons. The molecule has 1 aliphatic rings. The Hall–Kier alpha value is -4.39. The topological polar surface area (TPSA) is 137 Å². The molecule has 1 saturated heterocycles. The van der Waals surface area contributed by atoms with Gasteiger partial charge in [-0.1, -0.05) is 24.3 Å². The first-order chi connectivity index (χ1) is 24.2. The number of hydrogen-bond donors (Lipinski definition) is 4. The van der Waals surface area contributed by atoms with Gasteiger partial charge in [0.2, 0.25) is 5.91 Å². The second-order valence-electron chi connectivity index (χ2n) is 10.8. The number of halogens is 8. The lowest BCUT2D eigenvalue weighted by atomic mass is 9.88. The molecule has 5 N–H and O–H groups in total. The first-order valence-electron chi connectivity index (χ1n) is 15.4. The Kier molecular flexibility index (Phi) is 17.7. The van der Waals surface area contributed by atoms with Gasteiger partial charge in [-0.3, -0.25) is 14.6 Å². The molecule has 51 heavy (non-hydrogen) atoms. The fraction of sp³-hybridized carbons (Fsp3) is 0.424. The summed E-state index contributed by atoms with van der Waals surface area (Å²) in [5.41, 5.74) is 5.95. The number of aromatic nitrogens is 1. The molecule has 282 valence electrons. The molecule has 0 unspecified atom stereocenters. The molecule has 0 bridgehead atoms. The normalized spacial score (nSPS) is 16.4. The maximum atomic E-state index is 14.8. The number of nitrogens with one attached hydrogen (secondary N) is 3. The molecule has 0 saturated carbocycles. The van der Waals surface area contributed by atoms with E-state index in [0.717, 1.165) is 18.3 Å². The summed E-state index contributed by atoms with van der Waals surface area (Å²) >= 11 is 0. The van der Waals surface area contributed by atoms with Crippen LogP contribution in [0.4, 0.5) is 40.8 Å². The van der Waals surface area contributed by atoms with Crippen molar-refractivity contribution in [3.63, 3.8) is 0 Å². The standard InChI is InChI=1S/C29H28F5N3O5.C3H6F3N.CH5N/c30-20-5-1-18(2-6-20)25(19-3-7-22(8-4-19)42-29(32,33)34)11-28(39)37-27-14-35-13-26(31)24(27)10-9-23-12-36-21(16-41-23)15-40-17-38;1-7-2-3(4,5)6;1-2/h1-8,13-14,17,21,23,25,36H,9-12,15-16H2,(H,37,39);7H,2H2,1H3;2H2,1H3/t21-,23-,25-;;/m1../s1. The zero-order valence-corrected chi connectivity index (χ0v) is 27.6. The number of amides is 1. The number of pyridine rings is 1. The number of nitrogens with two attached hydrogens (primary N) is 1. The van der Waals surface area contributed by atoms with Crippen LogP contribution in [-0.4, -0.2) is 82.4 Å². The molecule has 0 spiro atoms. The highest BCUT2D eigenvalue weighted by molar-refractivity contribution is 5.92. The maximum Gasteiger partial charge on any atom is 0.573 e. The van der Waals surface area contributed by atoms with Gasteiger partial charge in [-0.2, -0.15) is 13.2 Å². The van der Waals surface area contributed by atoms with Crippen molar-refractivity contribution in [1.29, 1.82) is 0 Å². The van der Waals surface area contributed by atoms with Crippen molar-refractivity contribution in [2.45, 2.75) is 49.9 Å². The van der Waals surface area contributed by atoms with E-state index in [4.69, 9.17) is 9.47 Å². The Labute approximate surface area is 289 Å². The summed E-state index contributed by atoms with van der Waals surface area (Å²) in [6.45, 7) is 0.409. The molecule has 1 aromatic heterocycles. The maximum absolute atomic E-state index is 14.8. The molecule has 0 aliphatic carbocycles. The fourth-order valence-electron chi connectivity index (χ4n) is 4.86. The van der Waals surface area contributed by atoms with Crippen LogP contribution in [0.2, 0.25) is 0 Å². The summed E-state index contributed by atoms with van der Waals surface area (Å²) in [7, 11) is 2.76. The monoisotopic (exact) mass is 737 g/mol. The Balaban J connectivity index is 0.000000894. The molecule has 3 aromatic rings. The first-order valence-corrected chi connectivity index (χ1v) is 15.4. The van der Waals surface area contributed by atoms with Crippen LogP contribution in [0.15, 0.2) is 60.9 Å². The van der Waals surface area contributed by atoms with Gasteiger partial charge in [0.15, 0.2) is 0 Å². The average molecular weight is 738 g/mol. The number of alkyl halides is 6. The number of carbonyl (C=O) groups is 2. The van der Waals surface area contributed by atoms with Crippen LogP contribution in [0.5, 0.6) is 5.75 Å². The molecule has 3 atom stereocenters. The van der Waals surface area contributed by atoms with Gasteiger partial charge in [0, 0.05) is 24.4 Å². The minimum Gasteiger partial charge on any atom is -0.466 e. The molecule has 1 aliphatic heterocycles. The van der Waals surface area contributed by atoms with Gasteiger partial charge in [-0.15, -0.1) is 13.2 Å². The largest absolute Gasteiger partial charge is 0.573 e. The minimum atomic E-state index is -4.86. The van der Waals surface area contributed by atoms with Crippen LogP contribution in [0.3, 0.4) is 0 Å². The van der Waals surface area contributed by atoms with Crippen molar-refractivity contribution < 1.29 is 58.9 Å². The second kappa shape index (κ2) is 21.1. The van der Waals surface area contributed by atoms with Crippen LogP contribution in [0, 0.1) is 11.6 Å². The summed E-state index contributed by atoms with van der Waals surface area (Å²) < 4.78 is 114. The number of benzene rings is 2. The summed E-state index contributed by atoms with van der Waals surface area (Å²) in [6, 6.07) is 10.3. The van der Waals surface area contributed by atoms with Crippen LogP contribution < -0.4 is 26.4 Å². The Morgan fingerprint density at radius 2 is 1.67 bits per heavy atom. The van der Waals surface area contributed by atoms with Gasteiger partial charge in [-0.25, -0.2) is 8.78 Å². The summed E-state index contributed by atoms with van der Waals surface area (Å²) in [4.78, 5) is 27.4. The van der Waals surface area contributed by atoms with E-state index in [-0.39, 0.29) is 42.8 Å². The van der Waals surface area contributed by atoms with Crippen molar-refractivity contribution in [2.75, 3.05) is 45.7 Å². The molecule has 1 amide bonds. The van der Waals surface area contributed by atoms with Gasteiger partial charge < -0.3 is 35.9 Å². The van der Waals surface area contributed by atoms with Crippen LogP contribution in [-0.2, 0) is 25.5 Å². The van der Waals surface area contributed by atoms with Gasteiger partial charge in [-0.05, 0) is 62.3 Å². The third-order valence-corrected chi connectivity index (χ3v) is 7.08. The van der Waals surface area contributed by atoms with Gasteiger partial charge >= 0.3 is 12.5 Å². The van der Waals surface area contributed by atoms with E-state index in [2.05, 4.69) is 26.1 Å². The number of nitrogens with zero attached hydrogens (tertiary/aromatic N) is 1. The lowest BCUT2D eigenvalue weighted by molar-refractivity contribution is -0.274. The van der Waals surface area contributed by atoms with Crippen molar-refractivity contribution in [3.8, 4) is 5.75 Å². The highest BCUT2D eigenvalue weighted by atomic mass is 19.4. The van der Waals surface area contributed by atoms with Gasteiger partial charge in [0.05, 0.1) is 43.4 Å². The van der Waals surface area contributed by atoms with E-state index in [1.807, 2.05) is 5.32 Å². The Morgan fingerprint density at radius 3 is 2.18 bits per heavy atom. The summed E-state index contributed by atoms with van der Waals surface area (Å²) in [5, 5.41) is 7.88. The van der Waals surface area contributed by atoms with Gasteiger partial charge in [0.1, 0.15) is 24.0 Å². The number of carbonyl (C=O) groups excluding carboxylic acids is 2. The molecule has 1 fully saturated rings. The lowest BCUT2D eigenvalue weighted by Crippen LogP contribution is -2.48. The minimum absolute atomic E-state index is 0.138. The predicted octanol–water partition coefficient (Wildman–Crippen LogP) is 5.22. The number of hydrogen-bond acceptors (Lipinski definition) is 9. The van der Waals surface area contributed by atoms with Crippen molar-refractivity contribution in [3.05, 3.63) is 89.2 Å². The van der Waals surface area contributed by atoms with Crippen LogP contribution in [0.25, 0.3) is 0 Å². The fourth-order valence-corrected chi connectivity index (χ4v) is 4.86. The van der Waals surface area contributed by atoms with E-state index < -0.39 is 48.3 Å². The molecular weight excluding hydrogens is 698 g/mol. The first kappa shape index (κ1) is 42.8. The van der Waals surface area contributed by atoms with E-state index in [9.17, 15) is 44.7 Å². The van der Waals surface area contributed by atoms with Crippen LogP contribution in [0.1, 0.15) is 35.4 Å². The molecular formula is C33H39F8N5O5. The van der Waals surface area contributed by atoms with E-state index in [1.54, 1.807) is 0 Å². The Morgan fingerprint density at radius 1 is 1.04 bits per heavy atom. The SMILES string of the molecule is CN.CNCC(F)(F)F.O=COC[C@@H]1CO[C@H](CCc2c(F)cncc2NC(=O)C[C@H](c2ccc(F)cc2)c2ccc(OC(F)(F)F)cc2)CN1. The van der Waals surface area contributed by atoms with E-state index in [0.29, 0.717) is 37.2 Å². The van der Waals surface area contributed by atoms with Crippen molar-refractivity contribution >= 4 is 18.1 Å². The lowest BCUT2D eigenvalue weighted by Gasteiger charge is -2.30. The van der Waals surface area contributed by atoms with Crippen molar-refractivity contribution in [2.24, 2.45) is 5.73 Å². The third kappa shape index (κ3) is 16.0. The Bertz CT molecular complexity index is 1470. The smallest absolute Gasteiger partial charge is 0.466 e.